The molecular weight excluding hydrogens is 378 g/mol. The maximum Gasteiger partial charge on any atom is 0.339 e. The Labute approximate surface area is 168 Å². The molecule has 1 N–H and O–H groups in total. The largest absolute Gasteiger partial charge is 0.493 e. The van der Waals surface area contributed by atoms with Gasteiger partial charge in [-0.05, 0) is 49.7 Å². The highest BCUT2D eigenvalue weighted by atomic mass is 16.7. The van der Waals surface area contributed by atoms with E-state index in [1.54, 1.807) is 24.3 Å². The third-order valence-electron chi connectivity index (χ3n) is 4.26. The van der Waals surface area contributed by atoms with Crippen molar-refractivity contribution < 1.29 is 33.3 Å². The van der Waals surface area contributed by atoms with Gasteiger partial charge < -0.3 is 29.0 Å². The second kappa shape index (κ2) is 9.18. The molecule has 0 saturated heterocycles. The Hall–Kier alpha value is -3.42. The number of ether oxygens (including phenoxy) is 5. The van der Waals surface area contributed by atoms with E-state index in [-0.39, 0.29) is 18.9 Å². The highest BCUT2D eigenvalue weighted by Crippen LogP contribution is 2.32. The van der Waals surface area contributed by atoms with E-state index in [0.717, 1.165) is 5.56 Å². The molecule has 8 nitrogen and oxygen atoms in total. The third-order valence-corrected chi connectivity index (χ3v) is 4.26. The molecule has 0 aromatic heterocycles. The van der Waals surface area contributed by atoms with Gasteiger partial charge in [-0.3, -0.25) is 4.79 Å². The Balaban J connectivity index is 1.55. The van der Waals surface area contributed by atoms with Crippen molar-refractivity contribution in [3.8, 4) is 23.0 Å². The predicted octanol–water partition coefficient (Wildman–Crippen LogP) is 2.68. The molecule has 0 saturated carbocycles. The number of rotatable bonds is 8. The minimum Gasteiger partial charge on any atom is -0.493 e. The lowest BCUT2D eigenvalue weighted by Gasteiger charge is -2.15. The Morgan fingerprint density at radius 1 is 1.10 bits per heavy atom. The summed E-state index contributed by atoms with van der Waals surface area (Å²) in [5.41, 5.74) is 1.11. The number of carbonyl (C=O) groups excluding carboxylic acids is 2. The van der Waals surface area contributed by atoms with Crippen molar-refractivity contribution in [2.24, 2.45) is 0 Å². The van der Waals surface area contributed by atoms with E-state index in [4.69, 9.17) is 23.7 Å². The molecule has 3 rings (SSSR count). The molecule has 1 amide bonds. The lowest BCUT2D eigenvalue weighted by atomic mass is 10.2. The van der Waals surface area contributed by atoms with Crippen LogP contribution in [0.2, 0.25) is 0 Å². The molecule has 1 atom stereocenters. The number of nitrogens with one attached hydrogen (secondary N) is 1. The van der Waals surface area contributed by atoms with E-state index in [1.807, 2.05) is 13.0 Å². The minimum absolute atomic E-state index is 0.189. The molecule has 0 bridgehead atoms. The monoisotopic (exact) mass is 401 g/mol. The van der Waals surface area contributed by atoms with E-state index in [1.165, 1.54) is 20.1 Å². The molecule has 1 aliphatic rings. The van der Waals surface area contributed by atoms with Gasteiger partial charge in [-0.15, -0.1) is 0 Å². The normalized spacial score (nSPS) is 12.8. The quantitative estimate of drug-likeness (QED) is 0.680. The standard InChI is InChI=1S/C21H23NO7/c1-4-26-16-8-6-15(10-18(16)25-3)21(24)29-13(2)20(23)22-11-14-5-7-17-19(9-14)28-12-27-17/h5-10,13H,4,11-12H2,1-3H3,(H,22,23)/t13-/m0/s1. The Bertz CT molecular complexity index is 897. The molecule has 0 aliphatic carbocycles. The van der Waals surface area contributed by atoms with Crippen LogP contribution in [0.25, 0.3) is 0 Å². The van der Waals surface area contributed by atoms with E-state index >= 15 is 0 Å². The highest BCUT2D eigenvalue weighted by molar-refractivity contribution is 5.92. The molecular formula is C21H23NO7. The molecule has 2 aromatic carbocycles. The van der Waals surface area contributed by atoms with Crippen molar-refractivity contribution in [1.29, 1.82) is 0 Å². The first-order chi connectivity index (χ1) is 14.0. The van der Waals surface area contributed by atoms with Gasteiger partial charge in [0.15, 0.2) is 29.1 Å². The van der Waals surface area contributed by atoms with Crippen LogP contribution in [0.1, 0.15) is 29.8 Å². The smallest absolute Gasteiger partial charge is 0.339 e. The summed E-state index contributed by atoms with van der Waals surface area (Å²) in [6.45, 7) is 4.30. The number of methoxy groups -OCH3 is 1. The molecule has 1 heterocycles. The molecule has 2 aromatic rings. The fourth-order valence-electron chi connectivity index (χ4n) is 2.74. The van der Waals surface area contributed by atoms with E-state index in [9.17, 15) is 9.59 Å². The van der Waals surface area contributed by atoms with Crippen molar-refractivity contribution in [3.05, 3.63) is 47.5 Å². The molecule has 0 unspecified atom stereocenters. The summed E-state index contributed by atoms with van der Waals surface area (Å²) in [5.74, 6) is 1.22. The van der Waals surface area contributed by atoms with E-state index in [2.05, 4.69) is 5.32 Å². The van der Waals surface area contributed by atoms with Gasteiger partial charge in [0.05, 0.1) is 19.3 Å². The van der Waals surface area contributed by atoms with Gasteiger partial charge in [-0.25, -0.2) is 4.79 Å². The summed E-state index contributed by atoms with van der Waals surface area (Å²) >= 11 is 0. The zero-order valence-corrected chi connectivity index (χ0v) is 16.5. The van der Waals surface area contributed by atoms with Gasteiger partial charge in [0.1, 0.15) is 0 Å². The fourth-order valence-corrected chi connectivity index (χ4v) is 2.74. The topological polar surface area (TPSA) is 92.3 Å². The molecule has 0 spiro atoms. The summed E-state index contributed by atoms with van der Waals surface area (Å²) in [7, 11) is 1.49. The van der Waals surface area contributed by atoms with E-state index < -0.39 is 18.0 Å². The lowest BCUT2D eigenvalue weighted by molar-refractivity contribution is -0.129. The van der Waals surface area contributed by atoms with Gasteiger partial charge in [0.25, 0.3) is 5.91 Å². The molecule has 154 valence electrons. The van der Waals surface area contributed by atoms with Crippen LogP contribution in [0, 0.1) is 0 Å². The zero-order valence-electron chi connectivity index (χ0n) is 16.5. The number of esters is 1. The van der Waals surface area contributed by atoms with Crippen molar-refractivity contribution in [3.63, 3.8) is 0 Å². The van der Waals surface area contributed by atoms with Crippen LogP contribution in [0.15, 0.2) is 36.4 Å². The van der Waals surface area contributed by atoms with Crippen molar-refractivity contribution in [2.45, 2.75) is 26.5 Å². The summed E-state index contributed by atoms with van der Waals surface area (Å²) in [4.78, 5) is 24.7. The Kier molecular flexibility index (Phi) is 6.43. The number of fused-ring (bicyclic) bond motifs is 1. The van der Waals surface area contributed by atoms with Crippen LogP contribution in [0.3, 0.4) is 0 Å². The lowest BCUT2D eigenvalue weighted by Crippen LogP contribution is -2.35. The SMILES string of the molecule is CCOc1ccc(C(=O)O[C@@H](C)C(=O)NCc2ccc3c(c2)OCO3)cc1OC. The van der Waals surface area contributed by atoms with Crippen LogP contribution < -0.4 is 24.3 Å². The van der Waals surface area contributed by atoms with Gasteiger partial charge in [-0.1, -0.05) is 6.07 Å². The Morgan fingerprint density at radius 3 is 2.66 bits per heavy atom. The van der Waals surface area contributed by atoms with Crippen LogP contribution in [0.4, 0.5) is 0 Å². The van der Waals surface area contributed by atoms with Crippen molar-refractivity contribution in [2.75, 3.05) is 20.5 Å². The number of carbonyl (C=O) groups is 2. The van der Waals surface area contributed by atoms with Crippen LogP contribution >= 0.6 is 0 Å². The van der Waals surface area contributed by atoms with Crippen molar-refractivity contribution >= 4 is 11.9 Å². The van der Waals surface area contributed by atoms with Gasteiger partial charge >= 0.3 is 5.97 Å². The first-order valence-corrected chi connectivity index (χ1v) is 9.20. The summed E-state index contributed by atoms with van der Waals surface area (Å²) in [6.07, 6.45) is -0.964. The van der Waals surface area contributed by atoms with Gasteiger partial charge in [-0.2, -0.15) is 0 Å². The average Bonchev–Trinajstić information content (AvgIpc) is 3.20. The fraction of sp³-hybridized carbons (Fsp3) is 0.333. The number of benzene rings is 2. The average molecular weight is 401 g/mol. The molecule has 0 fully saturated rings. The number of amides is 1. The number of hydrogen-bond donors (Lipinski definition) is 1. The highest BCUT2D eigenvalue weighted by Gasteiger charge is 2.20. The molecule has 29 heavy (non-hydrogen) atoms. The first-order valence-electron chi connectivity index (χ1n) is 9.20. The van der Waals surface area contributed by atoms with Gasteiger partial charge in [0, 0.05) is 6.54 Å². The van der Waals surface area contributed by atoms with Crippen LogP contribution in [-0.4, -0.2) is 38.5 Å². The second-order valence-corrected chi connectivity index (χ2v) is 6.25. The van der Waals surface area contributed by atoms with Gasteiger partial charge in [0.2, 0.25) is 6.79 Å². The maximum atomic E-state index is 12.4. The first kappa shape index (κ1) is 20.3. The van der Waals surface area contributed by atoms with E-state index in [0.29, 0.717) is 29.6 Å². The predicted molar refractivity (Wildman–Crippen MR) is 103 cm³/mol. The number of hydrogen-bond acceptors (Lipinski definition) is 7. The summed E-state index contributed by atoms with van der Waals surface area (Å²) < 4.78 is 26.5. The molecule has 0 radical (unpaired) electrons. The molecule has 8 heteroatoms. The second-order valence-electron chi connectivity index (χ2n) is 6.25. The molecule has 1 aliphatic heterocycles. The zero-order chi connectivity index (χ0) is 20.8. The van der Waals surface area contributed by atoms with Crippen LogP contribution in [0.5, 0.6) is 23.0 Å². The minimum atomic E-state index is -0.964. The Morgan fingerprint density at radius 2 is 1.90 bits per heavy atom. The van der Waals surface area contributed by atoms with Crippen molar-refractivity contribution in [1.82, 2.24) is 5.32 Å². The van der Waals surface area contributed by atoms with Crippen LogP contribution in [-0.2, 0) is 16.1 Å². The summed E-state index contributed by atoms with van der Waals surface area (Å²) in [5, 5.41) is 2.74. The maximum absolute atomic E-state index is 12.4. The summed E-state index contributed by atoms with van der Waals surface area (Å²) in [6, 6.07) is 10.1. The third kappa shape index (κ3) is 4.90.